The average Bonchev–Trinajstić information content (AvgIpc) is 2.73. The van der Waals surface area contributed by atoms with Gasteiger partial charge in [0.25, 0.3) is 0 Å². The van der Waals surface area contributed by atoms with Gasteiger partial charge < -0.3 is 5.32 Å². The smallest absolute Gasteiger partial charge is 0.230 e. The van der Waals surface area contributed by atoms with Crippen LogP contribution in [0.4, 0.5) is 5.69 Å². The number of nitrogens with one attached hydrogen (secondary N) is 1. The van der Waals surface area contributed by atoms with E-state index in [1.54, 1.807) is 18.2 Å². The van der Waals surface area contributed by atoms with Crippen LogP contribution in [0, 0.1) is 17.2 Å². The number of sulfone groups is 1. The fourth-order valence-electron chi connectivity index (χ4n) is 3.48. The summed E-state index contributed by atoms with van der Waals surface area (Å²) in [6, 6.07) is 13.9. The van der Waals surface area contributed by atoms with Crippen molar-refractivity contribution in [2.45, 2.75) is 31.6 Å². The van der Waals surface area contributed by atoms with Crippen molar-refractivity contribution in [2.24, 2.45) is 5.92 Å². The second-order valence-electron chi connectivity index (χ2n) is 8.38. The van der Waals surface area contributed by atoms with Crippen LogP contribution in [0.5, 0.6) is 0 Å². The molecule has 1 heterocycles. The highest BCUT2D eigenvalue weighted by Crippen LogP contribution is 2.38. The molecule has 0 atom stereocenters. The lowest BCUT2D eigenvalue weighted by Crippen LogP contribution is -2.15. The zero-order valence-electron chi connectivity index (χ0n) is 18.9. The second kappa shape index (κ2) is 10.6. The molecule has 0 bridgehead atoms. The molecule has 3 rings (SSSR count). The van der Waals surface area contributed by atoms with Crippen LogP contribution in [0.3, 0.4) is 0 Å². The topological polar surface area (TPSA) is 99.9 Å². The van der Waals surface area contributed by atoms with Gasteiger partial charge in [0.05, 0.1) is 33.0 Å². The summed E-state index contributed by atoms with van der Waals surface area (Å²) in [5, 5.41) is 13.0. The Hall–Kier alpha value is -2.92. The summed E-state index contributed by atoms with van der Waals surface area (Å²) in [5.41, 5.74) is 3.66. The van der Waals surface area contributed by atoms with Crippen molar-refractivity contribution >= 4 is 44.6 Å². The number of hydrogen-bond acceptors (Lipinski definition) is 5. The van der Waals surface area contributed by atoms with Gasteiger partial charge in [0.15, 0.2) is 9.84 Å². The van der Waals surface area contributed by atoms with Crippen molar-refractivity contribution < 1.29 is 13.2 Å². The monoisotopic (exact) mass is 515 g/mol. The number of hydrogen-bond donors (Lipinski definition) is 1. The number of anilines is 1. The summed E-state index contributed by atoms with van der Waals surface area (Å²) < 4.78 is 23.1. The van der Waals surface area contributed by atoms with Crippen LogP contribution in [-0.2, 0) is 27.5 Å². The number of rotatable bonds is 7. The fourth-order valence-corrected chi connectivity index (χ4v) is 4.74. The molecular weight excluding hydrogens is 493 g/mol. The molecule has 3 aromatic rings. The number of benzene rings is 2. The third kappa shape index (κ3) is 6.35. The van der Waals surface area contributed by atoms with E-state index in [4.69, 9.17) is 23.2 Å². The van der Waals surface area contributed by atoms with Gasteiger partial charge in [-0.3, -0.25) is 9.78 Å². The lowest BCUT2D eigenvalue weighted by molar-refractivity contribution is -0.115. The molecule has 1 amide bonds. The molecular formula is C25H23Cl2N3O3S. The summed E-state index contributed by atoms with van der Waals surface area (Å²) in [4.78, 5) is 16.6. The number of amides is 1. The first-order valence-corrected chi connectivity index (χ1v) is 13.1. The quantitative estimate of drug-likeness (QED) is 0.434. The summed E-state index contributed by atoms with van der Waals surface area (Å²) >= 11 is 13.0. The second-order valence-corrected chi connectivity index (χ2v) is 11.2. The highest BCUT2D eigenvalue weighted by atomic mass is 35.5. The van der Waals surface area contributed by atoms with Gasteiger partial charge in [0, 0.05) is 29.4 Å². The molecule has 0 aliphatic heterocycles. The first kappa shape index (κ1) is 25.7. The van der Waals surface area contributed by atoms with Gasteiger partial charge in [-0.1, -0.05) is 49.2 Å². The van der Waals surface area contributed by atoms with Crippen LogP contribution in [0.2, 0.25) is 10.0 Å². The van der Waals surface area contributed by atoms with Gasteiger partial charge in [-0.15, -0.1) is 0 Å². The predicted octanol–water partition coefficient (Wildman–Crippen LogP) is 5.71. The summed E-state index contributed by atoms with van der Waals surface area (Å²) in [6.45, 7) is 4.19. The van der Waals surface area contributed by atoms with Crippen LogP contribution >= 0.6 is 23.2 Å². The molecule has 0 fully saturated rings. The number of nitrogens with zero attached hydrogens (tertiary/aromatic N) is 2. The van der Waals surface area contributed by atoms with Crippen molar-refractivity contribution in [3.63, 3.8) is 0 Å². The zero-order valence-corrected chi connectivity index (χ0v) is 21.2. The van der Waals surface area contributed by atoms with Gasteiger partial charge in [0.1, 0.15) is 0 Å². The van der Waals surface area contributed by atoms with E-state index in [0.29, 0.717) is 44.0 Å². The maximum Gasteiger partial charge on any atom is 0.230 e. The first-order valence-electron chi connectivity index (χ1n) is 10.4. The third-order valence-electron chi connectivity index (χ3n) is 5.04. The highest BCUT2D eigenvalue weighted by Gasteiger charge is 2.15. The van der Waals surface area contributed by atoms with Gasteiger partial charge in [-0.2, -0.15) is 5.26 Å². The summed E-state index contributed by atoms with van der Waals surface area (Å²) in [5.74, 6) is 0.0603. The number of aromatic nitrogens is 1. The molecule has 1 N–H and O–H groups in total. The molecule has 0 saturated heterocycles. The molecule has 9 heteroatoms. The van der Waals surface area contributed by atoms with E-state index in [1.807, 2.05) is 12.1 Å². The molecule has 0 aliphatic rings. The highest BCUT2D eigenvalue weighted by molar-refractivity contribution is 7.90. The van der Waals surface area contributed by atoms with Crippen molar-refractivity contribution in [2.75, 3.05) is 11.6 Å². The molecule has 176 valence electrons. The van der Waals surface area contributed by atoms with Crippen molar-refractivity contribution in [1.82, 2.24) is 4.98 Å². The Balaban J connectivity index is 1.79. The van der Waals surface area contributed by atoms with E-state index in [0.717, 1.165) is 18.2 Å². The Morgan fingerprint density at radius 1 is 1.12 bits per heavy atom. The van der Waals surface area contributed by atoms with Crippen molar-refractivity contribution in [1.29, 1.82) is 5.26 Å². The van der Waals surface area contributed by atoms with Crippen LogP contribution in [0.25, 0.3) is 11.1 Å². The Bertz CT molecular complexity index is 1360. The van der Waals surface area contributed by atoms with E-state index in [-0.39, 0.29) is 17.2 Å². The molecule has 0 saturated carbocycles. The van der Waals surface area contributed by atoms with Gasteiger partial charge in [-0.05, 0) is 53.8 Å². The van der Waals surface area contributed by atoms with Gasteiger partial charge in [0.2, 0.25) is 5.91 Å². The number of carbonyl (C=O) groups excluding carboxylic acids is 1. The van der Waals surface area contributed by atoms with Crippen molar-refractivity contribution in [3.8, 4) is 17.2 Å². The maximum atomic E-state index is 12.5. The standard InChI is InChI=1S/C25H23Cl2N3O3S/c1-15(2)8-16-4-5-17(9-18(16)13-28)25-22(26)10-20(11-23(25)27)30-24(31)12-19-6-7-21(14-29-19)34(3,32)33/h4-7,9-11,14-15H,8,12H2,1-3H3,(H,30,31). The molecule has 34 heavy (non-hydrogen) atoms. The number of carbonyl (C=O) groups is 1. The summed E-state index contributed by atoms with van der Waals surface area (Å²) in [6.07, 6.45) is 3.06. The Morgan fingerprint density at radius 3 is 2.32 bits per heavy atom. The normalized spacial score (nSPS) is 11.3. The molecule has 6 nitrogen and oxygen atoms in total. The molecule has 0 aliphatic carbocycles. The summed E-state index contributed by atoms with van der Waals surface area (Å²) in [7, 11) is -3.36. The molecule has 0 unspecified atom stereocenters. The Kier molecular flexibility index (Phi) is 7.98. The number of nitriles is 1. The van der Waals surface area contributed by atoms with E-state index < -0.39 is 9.84 Å². The van der Waals surface area contributed by atoms with E-state index in [2.05, 4.69) is 30.2 Å². The van der Waals surface area contributed by atoms with Crippen LogP contribution in [0.1, 0.15) is 30.7 Å². The third-order valence-corrected chi connectivity index (χ3v) is 6.73. The van der Waals surface area contributed by atoms with E-state index >= 15 is 0 Å². The van der Waals surface area contributed by atoms with E-state index in [9.17, 15) is 18.5 Å². The van der Waals surface area contributed by atoms with Gasteiger partial charge >= 0.3 is 0 Å². The molecule has 2 aromatic carbocycles. The van der Waals surface area contributed by atoms with Gasteiger partial charge in [-0.25, -0.2) is 8.42 Å². The van der Waals surface area contributed by atoms with Crippen LogP contribution in [0.15, 0.2) is 53.6 Å². The number of pyridine rings is 1. The van der Waals surface area contributed by atoms with Crippen LogP contribution in [-0.4, -0.2) is 25.6 Å². The average molecular weight is 516 g/mol. The predicted molar refractivity (Wildman–Crippen MR) is 135 cm³/mol. The Morgan fingerprint density at radius 2 is 1.79 bits per heavy atom. The first-order chi connectivity index (χ1) is 16.0. The fraction of sp³-hybridized carbons (Fsp3) is 0.240. The van der Waals surface area contributed by atoms with E-state index in [1.165, 1.54) is 18.3 Å². The minimum atomic E-state index is -3.36. The molecule has 0 radical (unpaired) electrons. The van der Waals surface area contributed by atoms with Crippen LogP contribution < -0.4 is 5.32 Å². The molecule has 1 aromatic heterocycles. The maximum absolute atomic E-state index is 12.5. The lowest BCUT2D eigenvalue weighted by Gasteiger charge is -2.13. The largest absolute Gasteiger partial charge is 0.326 e. The minimum Gasteiger partial charge on any atom is -0.326 e. The minimum absolute atomic E-state index is 0.0517. The van der Waals surface area contributed by atoms with Crippen molar-refractivity contribution in [3.05, 3.63) is 75.5 Å². The SMILES string of the molecule is CC(C)Cc1ccc(-c2c(Cl)cc(NC(=O)Cc3ccc(S(C)(=O)=O)cn3)cc2Cl)cc1C#N. The number of halogens is 2. The molecule has 0 spiro atoms. The Labute approximate surface area is 209 Å². The lowest BCUT2D eigenvalue weighted by atomic mass is 9.94. The zero-order chi connectivity index (χ0) is 25.0.